The van der Waals surface area contributed by atoms with Crippen LogP contribution in [0.3, 0.4) is 0 Å². The Bertz CT molecular complexity index is 821. The van der Waals surface area contributed by atoms with E-state index in [-0.39, 0.29) is 5.91 Å². The van der Waals surface area contributed by atoms with Crippen LogP contribution in [0.15, 0.2) is 17.5 Å². The molecule has 0 saturated heterocycles. The molecular weight excluding hydrogens is 358 g/mol. The first kappa shape index (κ1) is 15.6. The summed E-state index contributed by atoms with van der Waals surface area (Å²) in [5, 5.41) is 6.59. The second-order valence-electron chi connectivity index (χ2n) is 4.60. The number of aromatic nitrogens is 2. The van der Waals surface area contributed by atoms with Gasteiger partial charge in [0.1, 0.15) is 14.9 Å². The molecule has 0 aromatic carbocycles. The summed E-state index contributed by atoms with van der Waals surface area (Å²) in [6.07, 6.45) is 0. The highest BCUT2D eigenvalue weighted by Crippen LogP contribution is 2.34. The predicted octanol–water partition coefficient (Wildman–Crippen LogP) is 4.53. The smallest absolute Gasteiger partial charge is 0.263 e. The molecule has 3 heterocycles. The number of thiophene rings is 1. The van der Waals surface area contributed by atoms with E-state index in [2.05, 4.69) is 15.3 Å². The number of halogens is 1. The lowest BCUT2D eigenvalue weighted by Crippen LogP contribution is -2.22. The molecule has 0 saturated carbocycles. The van der Waals surface area contributed by atoms with Crippen molar-refractivity contribution >= 4 is 51.5 Å². The molecule has 0 fully saturated rings. The summed E-state index contributed by atoms with van der Waals surface area (Å²) in [6, 6.07) is 3.76. The van der Waals surface area contributed by atoms with Gasteiger partial charge in [-0.3, -0.25) is 4.79 Å². The van der Waals surface area contributed by atoms with Crippen LogP contribution in [-0.2, 0) is 6.54 Å². The van der Waals surface area contributed by atoms with Gasteiger partial charge in [0.25, 0.3) is 5.91 Å². The van der Waals surface area contributed by atoms with Crippen LogP contribution in [0.5, 0.6) is 0 Å². The lowest BCUT2D eigenvalue weighted by molar-refractivity contribution is 0.0954. The van der Waals surface area contributed by atoms with Crippen LogP contribution in [0.4, 0.5) is 0 Å². The van der Waals surface area contributed by atoms with Crippen molar-refractivity contribution in [2.24, 2.45) is 0 Å². The van der Waals surface area contributed by atoms with Gasteiger partial charge in [0.15, 0.2) is 0 Å². The fourth-order valence-corrected chi connectivity index (χ4v) is 4.65. The largest absolute Gasteiger partial charge is 0.345 e. The quantitative estimate of drug-likeness (QED) is 0.735. The van der Waals surface area contributed by atoms with E-state index in [1.807, 2.05) is 31.4 Å². The lowest BCUT2D eigenvalue weighted by atomic mass is 10.3. The summed E-state index contributed by atoms with van der Waals surface area (Å²) in [5.74, 6) is -0.114. The molecule has 0 bridgehead atoms. The molecule has 3 rings (SSSR count). The monoisotopic (exact) mass is 369 g/mol. The first-order valence-corrected chi connectivity index (χ1v) is 9.34. The molecule has 8 heteroatoms. The number of aryl methyl sites for hydroxylation is 2. The van der Waals surface area contributed by atoms with E-state index in [4.69, 9.17) is 11.6 Å². The number of nitrogens with zero attached hydrogens (tertiary/aromatic N) is 2. The number of hydrogen-bond acceptors (Lipinski definition) is 6. The highest BCUT2D eigenvalue weighted by atomic mass is 35.5. The lowest BCUT2D eigenvalue weighted by Gasteiger charge is -2.00. The average molecular weight is 370 g/mol. The van der Waals surface area contributed by atoms with E-state index in [9.17, 15) is 4.79 Å². The van der Waals surface area contributed by atoms with Crippen molar-refractivity contribution < 1.29 is 4.79 Å². The number of nitrogens with one attached hydrogen (secondary N) is 1. The molecule has 114 valence electrons. The van der Waals surface area contributed by atoms with Gasteiger partial charge in [0.05, 0.1) is 21.5 Å². The Morgan fingerprint density at radius 2 is 2.09 bits per heavy atom. The van der Waals surface area contributed by atoms with Crippen LogP contribution in [0, 0.1) is 13.8 Å². The number of thiazole rings is 2. The number of carbonyl (C=O) groups excluding carboxylic acids is 1. The number of amides is 1. The third kappa shape index (κ3) is 3.38. The van der Waals surface area contributed by atoms with Crippen molar-refractivity contribution in [2.75, 3.05) is 0 Å². The van der Waals surface area contributed by atoms with Crippen LogP contribution in [0.25, 0.3) is 9.88 Å². The fourth-order valence-electron chi connectivity index (χ4n) is 1.86. The minimum absolute atomic E-state index is 0.114. The Hall–Kier alpha value is -1.28. The van der Waals surface area contributed by atoms with Gasteiger partial charge in [-0.25, -0.2) is 9.97 Å². The number of hydrogen-bond donors (Lipinski definition) is 1. The predicted molar refractivity (Wildman–Crippen MR) is 93.2 cm³/mol. The van der Waals surface area contributed by atoms with Crippen LogP contribution < -0.4 is 5.32 Å². The van der Waals surface area contributed by atoms with Gasteiger partial charge in [-0.1, -0.05) is 11.6 Å². The van der Waals surface area contributed by atoms with Crippen LogP contribution in [0.1, 0.15) is 26.1 Å². The maximum Gasteiger partial charge on any atom is 0.263 e. The molecule has 3 aromatic heterocycles. The van der Waals surface area contributed by atoms with Gasteiger partial charge in [-0.15, -0.1) is 34.0 Å². The van der Waals surface area contributed by atoms with Crippen molar-refractivity contribution in [2.45, 2.75) is 20.4 Å². The van der Waals surface area contributed by atoms with Gasteiger partial charge in [-0.05, 0) is 26.0 Å². The highest BCUT2D eigenvalue weighted by Gasteiger charge is 2.17. The van der Waals surface area contributed by atoms with Gasteiger partial charge >= 0.3 is 0 Å². The maximum atomic E-state index is 12.3. The van der Waals surface area contributed by atoms with Crippen molar-refractivity contribution in [3.8, 4) is 9.88 Å². The normalized spacial score (nSPS) is 10.9. The molecule has 0 radical (unpaired) electrons. The highest BCUT2D eigenvalue weighted by molar-refractivity contribution is 7.24. The third-order valence-electron chi connectivity index (χ3n) is 2.85. The summed E-state index contributed by atoms with van der Waals surface area (Å²) in [7, 11) is 0. The first-order valence-electron chi connectivity index (χ1n) is 6.45. The number of carbonyl (C=O) groups is 1. The van der Waals surface area contributed by atoms with Crippen molar-refractivity contribution in [1.29, 1.82) is 0 Å². The minimum atomic E-state index is -0.114. The summed E-state index contributed by atoms with van der Waals surface area (Å²) in [6.45, 7) is 4.22. The summed E-state index contributed by atoms with van der Waals surface area (Å²) < 4.78 is 0.716. The standard InChI is InChI=1S/C14H12ClN3OS3/c1-7-6-20-11(17-7)5-16-13(19)12-8(2)18-14(22-12)9-3-4-10(15)21-9/h3-4,6H,5H2,1-2H3,(H,16,19). The van der Waals surface area contributed by atoms with Crippen molar-refractivity contribution in [1.82, 2.24) is 15.3 Å². The van der Waals surface area contributed by atoms with Crippen molar-refractivity contribution in [3.05, 3.63) is 43.1 Å². The molecule has 0 atom stereocenters. The van der Waals surface area contributed by atoms with E-state index >= 15 is 0 Å². The summed E-state index contributed by atoms with van der Waals surface area (Å²) in [4.78, 5) is 22.7. The molecule has 22 heavy (non-hydrogen) atoms. The average Bonchev–Trinajstić information content (AvgIpc) is 3.17. The van der Waals surface area contributed by atoms with Crippen LogP contribution in [-0.4, -0.2) is 15.9 Å². The zero-order valence-electron chi connectivity index (χ0n) is 11.8. The first-order chi connectivity index (χ1) is 10.5. The van der Waals surface area contributed by atoms with E-state index < -0.39 is 0 Å². The van der Waals surface area contributed by atoms with Gasteiger partial charge < -0.3 is 5.32 Å². The molecule has 1 amide bonds. The molecule has 0 spiro atoms. The Morgan fingerprint density at radius 1 is 1.27 bits per heavy atom. The minimum Gasteiger partial charge on any atom is -0.345 e. The van der Waals surface area contributed by atoms with Crippen LogP contribution in [0.2, 0.25) is 4.34 Å². The van der Waals surface area contributed by atoms with E-state index in [0.717, 1.165) is 26.3 Å². The Labute approximate surface area is 144 Å². The van der Waals surface area contributed by atoms with E-state index in [0.29, 0.717) is 15.8 Å². The third-order valence-corrected chi connectivity index (χ3v) is 6.38. The van der Waals surface area contributed by atoms with Gasteiger partial charge in [-0.2, -0.15) is 0 Å². The Balaban J connectivity index is 1.74. The molecule has 0 aliphatic carbocycles. The zero-order chi connectivity index (χ0) is 15.7. The molecule has 0 aliphatic heterocycles. The Kier molecular flexibility index (Phi) is 4.58. The molecule has 3 aromatic rings. The number of rotatable bonds is 4. The molecular formula is C14H12ClN3OS3. The SMILES string of the molecule is Cc1csc(CNC(=O)c2sc(-c3ccc(Cl)s3)nc2C)n1. The second-order valence-corrected chi connectivity index (χ2v) is 8.26. The summed E-state index contributed by atoms with van der Waals surface area (Å²) in [5.41, 5.74) is 1.71. The van der Waals surface area contributed by atoms with Crippen molar-refractivity contribution in [3.63, 3.8) is 0 Å². The van der Waals surface area contributed by atoms with Crippen LogP contribution >= 0.6 is 45.6 Å². The molecule has 0 aliphatic rings. The summed E-state index contributed by atoms with van der Waals surface area (Å²) >= 11 is 10.3. The molecule has 0 unspecified atom stereocenters. The van der Waals surface area contributed by atoms with E-state index in [1.165, 1.54) is 22.7 Å². The van der Waals surface area contributed by atoms with Gasteiger partial charge in [0, 0.05) is 11.1 Å². The zero-order valence-corrected chi connectivity index (χ0v) is 15.0. The van der Waals surface area contributed by atoms with Gasteiger partial charge in [0.2, 0.25) is 0 Å². The maximum absolute atomic E-state index is 12.3. The fraction of sp³-hybridized carbons (Fsp3) is 0.214. The Morgan fingerprint density at radius 3 is 2.73 bits per heavy atom. The second kappa shape index (κ2) is 6.45. The molecule has 4 nitrogen and oxygen atoms in total. The van der Waals surface area contributed by atoms with E-state index in [1.54, 1.807) is 11.3 Å². The topological polar surface area (TPSA) is 54.9 Å². The molecule has 1 N–H and O–H groups in total.